The fourth-order valence-electron chi connectivity index (χ4n) is 2.84. The van der Waals surface area contributed by atoms with E-state index in [4.69, 9.17) is 10.5 Å². The standard InChI is InChI=1S/C20H28N4O.HI/c1-4-24(5-2)19(16-10-9-13-18(14-16)25-3)15-22-20(21)23-17-11-7-6-8-12-17;/h6-14,19H,4-5,15H2,1-3H3,(H3,21,22,23);1H. The average Bonchev–Trinajstić information content (AvgIpc) is 2.66. The zero-order chi connectivity index (χ0) is 18.1. The summed E-state index contributed by atoms with van der Waals surface area (Å²) in [6, 6.07) is 18.1. The molecule has 0 aliphatic rings. The second-order valence-corrected chi connectivity index (χ2v) is 5.73. The number of nitrogens with two attached hydrogens (primary N) is 1. The Kier molecular flexibility index (Phi) is 10.0. The van der Waals surface area contributed by atoms with Crippen molar-refractivity contribution < 1.29 is 4.74 Å². The topological polar surface area (TPSA) is 62.9 Å². The van der Waals surface area contributed by atoms with Crippen LogP contribution in [0.25, 0.3) is 0 Å². The van der Waals surface area contributed by atoms with E-state index in [1.165, 1.54) is 5.56 Å². The van der Waals surface area contributed by atoms with Gasteiger partial charge in [0.2, 0.25) is 0 Å². The largest absolute Gasteiger partial charge is 0.497 e. The van der Waals surface area contributed by atoms with E-state index in [0.717, 1.165) is 24.5 Å². The summed E-state index contributed by atoms with van der Waals surface area (Å²) in [6.07, 6.45) is 0. The third-order valence-corrected chi connectivity index (χ3v) is 4.21. The molecule has 0 bridgehead atoms. The number of hydrogen-bond acceptors (Lipinski definition) is 3. The van der Waals surface area contributed by atoms with Crippen LogP contribution in [0.3, 0.4) is 0 Å². The number of likely N-dealkylation sites (N-methyl/N-ethyl adjacent to an activating group) is 1. The van der Waals surface area contributed by atoms with Gasteiger partial charge in [-0.2, -0.15) is 0 Å². The highest BCUT2D eigenvalue weighted by molar-refractivity contribution is 14.0. The number of halogens is 1. The Morgan fingerprint density at radius 3 is 2.42 bits per heavy atom. The minimum absolute atomic E-state index is 0. The van der Waals surface area contributed by atoms with Gasteiger partial charge in [-0.05, 0) is 42.9 Å². The van der Waals surface area contributed by atoms with Crippen LogP contribution in [-0.4, -0.2) is 37.6 Å². The molecule has 2 rings (SSSR count). The normalized spacial score (nSPS) is 12.4. The van der Waals surface area contributed by atoms with Gasteiger partial charge in [-0.15, -0.1) is 24.0 Å². The van der Waals surface area contributed by atoms with Gasteiger partial charge in [0.15, 0.2) is 5.96 Å². The van der Waals surface area contributed by atoms with Gasteiger partial charge in [0.25, 0.3) is 0 Å². The van der Waals surface area contributed by atoms with E-state index >= 15 is 0 Å². The van der Waals surface area contributed by atoms with Crippen LogP contribution < -0.4 is 15.8 Å². The third-order valence-electron chi connectivity index (χ3n) is 4.21. The molecule has 6 heteroatoms. The molecule has 0 aliphatic heterocycles. The van der Waals surface area contributed by atoms with Gasteiger partial charge in [-0.25, -0.2) is 0 Å². The molecular formula is C20H29IN4O. The highest BCUT2D eigenvalue weighted by Crippen LogP contribution is 2.24. The van der Waals surface area contributed by atoms with Gasteiger partial charge < -0.3 is 15.8 Å². The van der Waals surface area contributed by atoms with Gasteiger partial charge in [-0.3, -0.25) is 9.89 Å². The summed E-state index contributed by atoms with van der Waals surface area (Å²) in [4.78, 5) is 6.94. The highest BCUT2D eigenvalue weighted by Gasteiger charge is 2.18. The summed E-state index contributed by atoms with van der Waals surface area (Å²) in [5, 5.41) is 3.13. The van der Waals surface area contributed by atoms with Crippen LogP contribution in [0.2, 0.25) is 0 Å². The van der Waals surface area contributed by atoms with Gasteiger partial charge in [0, 0.05) is 5.69 Å². The molecule has 2 aromatic carbocycles. The Morgan fingerprint density at radius 1 is 1.12 bits per heavy atom. The summed E-state index contributed by atoms with van der Waals surface area (Å²) in [5.74, 6) is 1.28. The first-order chi connectivity index (χ1) is 12.2. The van der Waals surface area contributed by atoms with Crippen LogP contribution in [0.4, 0.5) is 5.69 Å². The molecule has 0 saturated heterocycles. The van der Waals surface area contributed by atoms with Gasteiger partial charge in [-0.1, -0.05) is 44.2 Å². The molecule has 26 heavy (non-hydrogen) atoms. The Bertz CT molecular complexity index is 675. The lowest BCUT2D eigenvalue weighted by Gasteiger charge is -2.29. The van der Waals surface area contributed by atoms with Crippen LogP contribution in [0, 0.1) is 0 Å². The van der Waals surface area contributed by atoms with E-state index in [9.17, 15) is 0 Å². The van der Waals surface area contributed by atoms with Gasteiger partial charge in [0.05, 0.1) is 19.7 Å². The van der Waals surface area contributed by atoms with Crippen molar-refractivity contribution in [1.82, 2.24) is 4.90 Å². The number of hydrogen-bond donors (Lipinski definition) is 2. The van der Waals surface area contributed by atoms with Crippen molar-refractivity contribution in [2.75, 3.05) is 32.1 Å². The number of guanidine groups is 1. The molecule has 0 aliphatic carbocycles. The number of nitrogens with zero attached hydrogens (tertiary/aromatic N) is 2. The van der Waals surface area contributed by atoms with Crippen molar-refractivity contribution in [2.45, 2.75) is 19.9 Å². The summed E-state index contributed by atoms with van der Waals surface area (Å²) < 4.78 is 5.37. The first kappa shape index (κ1) is 22.2. The highest BCUT2D eigenvalue weighted by atomic mass is 127. The molecule has 0 radical (unpaired) electrons. The minimum Gasteiger partial charge on any atom is -0.497 e. The fourth-order valence-corrected chi connectivity index (χ4v) is 2.84. The van der Waals surface area contributed by atoms with Gasteiger partial charge >= 0.3 is 0 Å². The van der Waals surface area contributed by atoms with E-state index in [-0.39, 0.29) is 30.0 Å². The number of methoxy groups -OCH3 is 1. The SMILES string of the molecule is CCN(CC)C(CN=C(N)Nc1ccccc1)c1cccc(OC)c1.I. The first-order valence-corrected chi connectivity index (χ1v) is 8.67. The average molecular weight is 468 g/mol. The molecule has 1 unspecified atom stereocenters. The Balaban J connectivity index is 0.00000338. The number of ether oxygens (including phenoxy) is 1. The second-order valence-electron chi connectivity index (χ2n) is 5.73. The van der Waals surface area contributed by atoms with Crippen molar-refractivity contribution in [2.24, 2.45) is 10.7 Å². The number of para-hydroxylation sites is 1. The van der Waals surface area contributed by atoms with E-state index in [2.05, 4.69) is 41.2 Å². The molecule has 5 nitrogen and oxygen atoms in total. The van der Waals surface area contributed by atoms with Crippen molar-refractivity contribution in [3.8, 4) is 5.75 Å². The summed E-state index contributed by atoms with van der Waals surface area (Å²) in [5.41, 5.74) is 8.18. The number of aliphatic imine (C=N–C) groups is 1. The number of rotatable bonds is 8. The van der Waals surface area contributed by atoms with Crippen molar-refractivity contribution in [3.05, 3.63) is 60.2 Å². The van der Waals surface area contributed by atoms with E-state index in [1.54, 1.807) is 7.11 Å². The van der Waals surface area contributed by atoms with E-state index in [1.807, 2.05) is 42.5 Å². The zero-order valence-electron chi connectivity index (χ0n) is 15.7. The van der Waals surface area contributed by atoms with Crippen LogP contribution in [0.5, 0.6) is 5.75 Å². The maximum Gasteiger partial charge on any atom is 0.193 e. The molecule has 0 aromatic heterocycles. The molecule has 3 N–H and O–H groups in total. The summed E-state index contributed by atoms with van der Waals surface area (Å²) >= 11 is 0. The number of benzene rings is 2. The Hall–Kier alpha value is -1.80. The van der Waals surface area contributed by atoms with Crippen LogP contribution in [-0.2, 0) is 0 Å². The van der Waals surface area contributed by atoms with Crippen LogP contribution >= 0.6 is 24.0 Å². The predicted molar refractivity (Wildman–Crippen MR) is 121 cm³/mol. The lowest BCUT2D eigenvalue weighted by molar-refractivity contribution is 0.224. The second kappa shape index (κ2) is 11.7. The van der Waals surface area contributed by atoms with Gasteiger partial charge in [0.1, 0.15) is 5.75 Å². The number of anilines is 1. The molecular weight excluding hydrogens is 439 g/mol. The third kappa shape index (κ3) is 6.49. The molecule has 2 aromatic rings. The lowest BCUT2D eigenvalue weighted by Crippen LogP contribution is -2.32. The Morgan fingerprint density at radius 2 is 1.81 bits per heavy atom. The van der Waals surface area contributed by atoms with Crippen molar-refractivity contribution in [3.63, 3.8) is 0 Å². The predicted octanol–water partition coefficient (Wildman–Crippen LogP) is 4.12. The molecule has 0 fully saturated rings. The summed E-state index contributed by atoms with van der Waals surface area (Å²) in [7, 11) is 1.69. The number of nitrogens with one attached hydrogen (secondary N) is 1. The Labute approximate surface area is 173 Å². The zero-order valence-corrected chi connectivity index (χ0v) is 18.0. The van der Waals surface area contributed by atoms with Crippen molar-refractivity contribution >= 4 is 35.6 Å². The minimum atomic E-state index is 0. The van der Waals surface area contributed by atoms with Crippen LogP contribution in [0.15, 0.2) is 59.6 Å². The molecule has 0 heterocycles. The van der Waals surface area contributed by atoms with E-state index < -0.39 is 0 Å². The smallest absolute Gasteiger partial charge is 0.193 e. The van der Waals surface area contributed by atoms with E-state index in [0.29, 0.717) is 12.5 Å². The lowest BCUT2D eigenvalue weighted by atomic mass is 10.0. The molecule has 142 valence electrons. The molecule has 0 spiro atoms. The molecule has 1 atom stereocenters. The fraction of sp³-hybridized carbons (Fsp3) is 0.350. The summed E-state index contributed by atoms with van der Waals surface area (Å²) in [6.45, 7) is 6.79. The van der Waals surface area contributed by atoms with Crippen LogP contribution in [0.1, 0.15) is 25.5 Å². The first-order valence-electron chi connectivity index (χ1n) is 8.67. The molecule has 0 saturated carbocycles. The van der Waals surface area contributed by atoms with Crippen molar-refractivity contribution in [1.29, 1.82) is 0 Å². The maximum atomic E-state index is 6.07. The monoisotopic (exact) mass is 468 g/mol. The maximum absolute atomic E-state index is 6.07. The quantitative estimate of drug-likeness (QED) is 0.348. The molecule has 0 amide bonds.